The summed E-state index contributed by atoms with van der Waals surface area (Å²) in [7, 11) is 1.67. The number of para-hydroxylation sites is 1. The van der Waals surface area contributed by atoms with Gasteiger partial charge in [-0.25, -0.2) is 4.98 Å². The van der Waals surface area contributed by atoms with Gasteiger partial charge in [-0.05, 0) is 18.2 Å². The molecule has 2 rings (SSSR count). The number of anilines is 1. The standard InChI is InChI=1S/C14H18N2O2/c1-18-11-9-16(8-10-17)14-7-6-12-4-2-3-5-13(12)15-14/h2-7,17H,8-11H2,1H3. The minimum absolute atomic E-state index is 0.109. The number of benzene rings is 1. The molecule has 4 heteroatoms. The van der Waals surface area contributed by atoms with Gasteiger partial charge in [0.2, 0.25) is 0 Å². The monoisotopic (exact) mass is 246 g/mol. The second-order valence-electron chi connectivity index (χ2n) is 4.07. The van der Waals surface area contributed by atoms with E-state index in [0.29, 0.717) is 13.2 Å². The third kappa shape index (κ3) is 2.97. The summed E-state index contributed by atoms with van der Waals surface area (Å²) in [6.45, 7) is 2.02. The van der Waals surface area contributed by atoms with Crippen molar-refractivity contribution in [2.24, 2.45) is 0 Å². The van der Waals surface area contributed by atoms with Gasteiger partial charge in [0, 0.05) is 25.6 Å². The topological polar surface area (TPSA) is 45.6 Å². The van der Waals surface area contributed by atoms with Crippen molar-refractivity contribution in [3.63, 3.8) is 0 Å². The lowest BCUT2D eigenvalue weighted by molar-refractivity contribution is 0.202. The predicted molar refractivity (Wildman–Crippen MR) is 72.9 cm³/mol. The van der Waals surface area contributed by atoms with Crippen LogP contribution in [-0.4, -0.2) is 43.5 Å². The van der Waals surface area contributed by atoms with Crippen LogP contribution in [0.4, 0.5) is 5.82 Å². The van der Waals surface area contributed by atoms with Gasteiger partial charge in [0.15, 0.2) is 0 Å². The fraction of sp³-hybridized carbons (Fsp3) is 0.357. The minimum Gasteiger partial charge on any atom is -0.395 e. The fourth-order valence-corrected chi connectivity index (χ4v) is 1.89. The normalized spacial score (nSPS) is 10.8. The first-order valence-electron chi connectivity index (χ1n) is 6.05. The summed E-state index contributed by atoms with van der Waals surface area (Å²) in [5.41, 5.74) is 0.968. The molecule has 18 heavy (non-hydrogen) atoms. The van der Waals surface area contributed by atoms with E-state index in [1.54, 1.807) is 7.11 Å². The Morgan fingerprint density at radius 1 is 1.17 bits per heavy atom. The lowest BCUT2D eigenvalue weighted by atomic mass is 10.2. The molecule has 1 heterocycles. The molecule has 2 aromatic rings. The highest BCUT2D eigenvalue weighted by Crippen LogP contribution is 2.17. The highest BCUT2D eigenvalue weighted by atomic mass is 16.5. The lowest BCUT2D eigenvalue weighted by Gasteiger charge is -2.22. The van der Waals surface area contributed by atoms with Crippen molar-refractivity contribution >= 4 is 16.7 Å². The first kappa shape index (κ1) is 12.8. The zero-order valence-electron chi connectivity index (χ0n) is 10.5. The van der Waals surface area contributed by atoms with Gasteiger partial charge >= 0.3 is 0 Å². The third-order valence-electron chi connectivity index (χ3n) is 2.84. The molecule has 0 unspecified atom stereocenters. The van der Waals surface area contributed by atoms with Gasteiger partial charge in [0.05, 0.1) is 18.7 Å². The number of rotatable bonds is 6. The molecule has 0 aliphatic rings. The lowest BCUT2D eigenvalue weighted by Crippen LogP contribution is -2.30. The van der Waals surface area contributed by atoms with Crippen LogP contribution in [0, 0.1) is 0 Å². The molecule has 0 radical (unpaired) electrons. The largest absolute Gasteiger partial charge is 0.395 e. The molecule has 4 nitrogen and oxygen atoms in total. The highest BCUT2D eigenvalue weighted by Gasteiger charge is 2.07. The number of hydrogen-bond acceptors (Lipinski definition) is 4. The highest BCUT2D eigenvalue weighted by molar-refractivity contribution is 5.80. The molecule has 0 saturated carbocycles. The second kappa shape index (κ2) is 6.33. The van der Waals surface area contributed by atoms with Gasteiger partial charge in [0.1, 0.15) is 5.82 Å². The molecule has 0 amide bonds. The Hall–Kier alpha value is -1.65. The number of aliphatic hydroxyl groups excluding tert-OH is 1. The van der Waals surface area contributed by atoms with E-state index in [9.17, 15) is 0 Å². The molecule has 0 spiro atoms. The average molecular weight is 246 g/mol. The first-order chi connectivity index (χ1) is 8.85. The molecule has 1 aromatic heterocycles. The number of methoxy groups -OCH3 is 1. The zero-order valence-corrected chi connectivity index (χ0v) is 10.5. The maximum atomic E-state index is 9.10. The maximum Gasteiger partial charge on any atom is 0.129 e. The number of pyridine rings is 1. The van der Waals surface area contributed by atoms with Crippen LogP contribution in [0.2, 0.25) is 0 Å². The van der Waals surface area contributed by atoms with Gasteiger partial charge in [-0.2, -0.15) is 0 Å². The van der Waals surface area contributed by atoms with Crippen molar-refractivity contribution in [1.29, 1.82) is 0 Å². The molecular formula is C14H18N2O2. The minimum atomic E-state index is 0.109. The number of aromatic nitrogens is 1. The van der Waals surface area contributed by atoms with Crippen LogP contribution in [0.3, 0.4) is 0 Å². The maximum absolute atomic E-state index is 9.10. The summed E-state index contributed by atoms with van der Waals surface area (Å²) in [5, 5.41) is 10.2. The van der Waals surface area contributed by atoms with E-state index in [2.05, 4.69) is 11.1 Å². The number of fused-ring (bicyclic) bond motifs is 1. The zero-order chi connectivity index (χ0) is 12.8. The Bertz CT molecular complexity index is 502. The van der Waals surface area contributed by atoms with Gasteiger partial charge in [-0.3, -0.25) is 0 Å². The Morgan fingerprint density at radius 3 is 2.78 bits per heavy atom. The Kier molecular flexibility index (Phi) is 4.50. The molecule has 0 fully saturated rings. The van der Waals surface area contributed by atoms with Crippen LogP contribution >= 0.6 is 0 Å². The van der Waals surface area contributed by atoms with E-state index < -0.39 is 0 Å². The molecule has 0 aliphatic heterocycles. The van der Waals surface area contributed by atoms with E-state index in [-0.39, 0.29) is 6.61 Å². The SMILES string of the molecule is COCCN(CCO)c1ccc2ccccc2n1. The summed E-state index contributed by atoms with van der Waals surface area (Å²) >= 11 is 0. The summed E-state index contributed by atoms with van der Waals surface area (Å²) in [6, 6.07) is 12.0. The smallest absolute Gasteiger partial charge is 0.129 e. The fourth-order valence-electron chi connectivity index (χ4n) is 1.89. The van der Waals surface area contributed by atoms with Crippen molar-refractivity contribution in [3.05, 3.63) is 36.4 Å². The van der Waals surface area contributed by atoms with Crippen molar-refractivity contribution in [2.75, 3.05) is 38.3 Å². The van der Waals surface area contributed by atoms with Gasteiger partial charge in [-0.1, -0.05) is 18.2 Å². The Morgan fingerprint density at radius 2 is 2.00 bits per heavy atom. The second-order valence-corrected chi connectivity index (χ2v) is 4.07. The van der Waals surface area contributed by atoms with Gasteiger partial charge in [-0.15, -0.1) is 0 Å². The van der Waals surface area contributed by atoms with E-state index in [4.69, 9.17) is 9.84 Å². The van der Waals surface area contributed by atoms with Crippen LogP contribution in [0.25, 0.3) is 10.9 Å². The molecule has 96 valence electrons. The van der Waals surface area contributed by atoms with E-state index in [1.807, 2.05) is 35.2 Å². The summed E-state index contributed by atoms with van der Waals surface area (Å²) in [4.78, 5) is 6.63. The van der Waals surface area contributed by atoms with Crippen LogP contribution in [-0.2, 0) is 4.74 Å². The quantitative estimate of drug-likeness (QED) is 0.842. The van der Waals surface area contributed by atoms with E-state index in [0.717, 1.165) is 23.3 Å². The Labute approximate surface area is 107 Å². The summed E-state index contributed by atoms with van der Waals surface area (Å²) in [5.74, 6) is 0.875. The molecule has 1 aromatic carbocycles. The third-order valence-corrected chi connectivity index (χ3v) is 2.84. The molecule has 0 atom stereocenters. The van der Waals surface area contributed by atoms with Gasteiger partial charge in [0.25, 0.3) is 0 Å². The molecule has 0 aliphatic carbocycles. The van der Waals surface area contributed by atoms with Gasteiger partial charge < -0.3 is 14.7 Å². The molecular weight excluding hydrogens is 228 g/mol. The van der Waals surface area contributed by atoms with Crippen molar-refractivity contribution in [3.8, 4) is 0 Å². The summed E-state index contributed by atoms with van der Waals surface area (Å²) < 4.78 is 5.08. The first-order valence-corrected chi connectivity index (χ1v) is 6.05. The summed E-state index contributed by atoms with van der Waals surface area (Å²) in [6.07, 6.45) is 0. The van der Waals surface area contributed by atoms with E-state index in [1.165, 1.54) is 0 Å². The van der Waals surface area contributed by atoms with Crippen LogP contribution in [0.1, 0.15) is 0 Å². The molecule has 0 bridgehead atoms. The average Bonchev–Trinajstić information content (AvgIpc) is 2.43. The molecule has 0 saturated heterocycles. The predicted octanol–water partition coefficient (Wildman–Crippen LogP) is 1.68. The molecule has 1 N–H and O–H groups in total. The van der Waals surface area contributed by atoms with Crippen LogP contribution in [0.5, 0.6) is 0 Å². The number of aliphatic hydroxyl groups is 1. The van der Waals surface area contributed by atoms with Crippen molar-refractivity contribution in [2.45, 2.75) is 0 Å². The van der Waals surface area contributed by atoms with E-state index >= 15 is 0 Å². The van der Waals surface area contributed by atoms with Crippen LogP contribution < -0.4 is 4.90 Å². The van der Waals surface area contributed by atoms with Crippen LogP contribution in [0.15, 0.2) is 36.4 Å². The number of nitrogens with zero attached hydrogens (tertiary/aromatic N) is 2. The Balaban J connectivity index is 2.25. The van der Waals surface area contributed by atoms with Crippen molar-refractivity contribution < 1.29 is 9.84 Å². The number of hydrogen-bond donors (Lipinski definition) is 1. The number of ether oxygens (including phenoxy) is 1. The van der Waals surface area contributed by atoms with Crippen molar-refractivity contribution in [1.82, 2.24) is 4.98 Å².